The highest BCUT2D eigenvalue weighted by Gasteiger charge is 2.25. The van der Waals surface area contributed by atoms with Crippen LogP contribution in [0.25, 0.3) is 0 Å². The number of piperidine rings is 1. The van der Waals surface area contributed by atoms with Crippen molar-refractivity contribution >= 4 is 17.5 Å². The van der Waals surface area contributed by atoms with Crippen LogP contribution in [0.15, 0.2) is 24.3 Å². The Hall–Kier alpha value is -1.84. The molecule has 1 aromatic rings. The average Bonchev–Trinajstić information content (AvgIpc) is 2.40. The molecule has 1 fully saturated rings. The lowest BCUT2D eigenvalue weighted by Crippen LogP contribution is -2.44. The second-order valence-electron chi connectivity index (χ2n) is 5.32. The van der Waals surface area contributed by atoms with Crippen LogP contribution in [0.4, 0.5) is 5.69 Å². The van der Waals surface area contributed by atoms with Gasteiger partial charge >= 0.3 is 11.8 Å². The first-order chi connectivity index (χ1) is 9.06. The van der Waals surface area contributed by atoms with Gasteiger partial charge in [-0.1, -0.05) is 24.6 Å². The van der Waals surface area contributed by atoms with Crippen molar-refractivity contribution in [2.75, 3.05) is 18.4 Å². The summed E-state index contributed by atoms with van der Waals surface area (Å²) in [6.45, 7) is 5.45. The number of anilines is 1. The molecule has 1 N–H and O–H groups in total. The predicted octanol–water partition coefficient (Wildman–Crippen LogP) is 2.19. The van der Waals surface area contributed by atoms with Gasteiger partial charge in [0.2, 0.25) is 0 Å². The van der Waals surface area contributed by atoms with E-state index in [4.69, 9.17) is 0 Å². The topological polar surface area (TPSA) is 49.4 Å². The lowest BCUT2D eigenvalue weighted by atomic mass is 10.0. The minimum Gasteiger partial charge on any atom is -0.334 e. The largest absolute Gasteiger partial charge is 0.334 e. The van der Waals surface area contributed by atoms with Crippen molar-refractivity contribution in [3.8, 4) is 0 Å². The summed E-state index contributed by atoms with van der Waals surface area (Å²) in [5, 5.41) is 2.65. The quantitative estimate of drug-likeness (QED) is 0.787. The third kappa shape index (κ3) is 3.56. The Morgan fingerprint density at radius 2 is 1.95 bits per heavy atom. The monoisotopic (exact) mass is 260 g/mol. The Bertz CT molecular complexity index is 468. The van der Waals surface area contributed by atoms with Crippen molar-refractivity contribution in [2.45, 2.75) is 26.7 Å². The second kappa shape index (κ2) is 5.87. The molecule has 0 aromatic heterocycles. The third-order valence-electron chi connectivity index (χ3n) is 3.45. The summed E-state index contributed by atoms with van der Waals surface area (Å²) in [5.74, 6) is -0.491. The van der Waals surface area contributed by atoms with Crippen molar-refractivity contribution in [3.05, 3.63) is 29.8 Å². The van der Waals surface area contributed by atoms with Gasteiger partial charge in [-0.3, -0.25) is 9.59 Å². The normalized spacial score (nSPS) is 19.1. The Balaban J connectivity index is 1.95. The Kier molecular flexibility index (Phi) is 4.20. The molecule has 19 heavy (non-hydrogen) atoms. The lowest BCUT2D eigenvalue weighted by molar-refractivity contribution is -0.144. The predicted molar refractivity (Wildman–Crippen MR) is 74.8 cm³/mol. The summed E-state index contributed by atoms with van der Waals surface area (Å²) in [7, 11) is 0. The van der Waals surface area contributed by atoms with Gasteiger partial charge in [0.25, 0.3) is 0 Å². The van der Waals surface area contributed by atoms with E-state index in [0.29, 0.717) is 24.7 Å². The van der Waals surface area contributed by atoms with E-state index in [1.165, 1.54) is 0 Å². The van der Waals surface area contributed by atoms with E-state index >= 15 is 0 Å². The molecule has 0 bridgehead atoms. The molecule has 4 heteroatoms. The highest BCUT2D eigenvalue weighted by molar-refractivity contribution is 6.39. The van der Waals surface area contributed by atoms with Crippen LogP contribution in [0.5, 0.6) is 0 Å². The van der Waals surface area contributed by atoms with Gasteiger partial charge < -0.3 is 10.2 Å². The number of amides is 2. The second-order valence-corrected chi connectivity index (χ2v) is 5.32. The number of nitrogens with zero attached hydrogens (tertiary/aromatic N) is 1. The SMILES string of the molecule is Cc1ccc(NC(=O)C(=O)N2CCCC(C)C2)cc1. The number of aryl methyl sites for hydroxylation is 1. The molecule has 1 aliphatic heterocycles. The molecular weight excluding hydrogens is 240 g/mol. The third-order valence-corrected chi connectivity index (χ3v) is 3.45. The molecule has 0 aliphatic carbocycles. The summed E-state index contributed by atoms with van der Waals surface area (Å²) in [6, 6.07) is 7.42. The van der Waals surface area contributed by atoms with Crippen LogP contribution < -0.4 is 5.32 Å². The molecule has 1 unspecified atom stereocenters. The van der Waals surface area contributed by atoms with Crippen LogP contribution in [0.2, 0.25) is 0 Å². The molecule has 0 spiro atoms. The molecule has 1 heterocycles. The smallest absolute Gasteiger partial charge is 0.313 e. The first-order valence-corrected chi connectivity index (χ1v) is 6.73. The molecule has 102 valence electrons. The molecule has 1 aromatic carbocycles. The van der Waals surface area contributed by atoms with Crippen LogP contribution in [0.3, 0.4) is 0 Å². The number of benzene rings is 1. The van der Waals surface area contributed by atoms with Gasteiger partial charge in [-0.25, -0.2) is 0 Å². The summed E-state index contributed by atoms with van der Waals surface area (Å²) in [4.78, 5) is 25.6. The fourth-order valence-electron chi connectivity index (χ4n) is 2.34. The molecular formula is C15H20N2O2. The fraction of sp³-hybridized carbons (Fsp3) is 0.467. The molecule has 2 amide bonds. The number of hydrogen-bond donors (Lipinski definition) is 1. The molecule has 0 saturated carbocycles. The zero-order chi connectivity index (χ0) is 13.8. The lowest BCUT2D eigenvalue weighted by Gasteiger charge is -2.30. The zero-order valence-corrected chi connectivity index (χ0v) is 11.5. The molecule has 1 atom stereocenters. The van der Waals surface area contributed by atoms with Crippen LogP contribution in [-0.2, 0) is 9.59 Å². The van der Waals surface area contributed by atoms with Gasteiger partial charge in [0.05, 0.1) is 0 Å². The number of hydrogen-bond acceptors (Lipinski definition) is 2. The molecule has 1 saturated heterocycles. The summed E-state index contributed by atoms with van der Waals surface area (Å²) in [5.41, 5.74) is 1.78. The van der Waals surface area contributed by atoms with E-state index in [1.54, 1.807) is 17.0 Å². The molecule has 2 rings (SSSR count). The highest BCUT2D eigenvalue weighted by atomic mass is 16.2. The number of carbonyl (C=O) groups is 2. The highest BCUT2D eigenvalue weighted by Crippen LogP contribution is 2.16. The van der Waals surface area contributed by atoms with Crippen molar-refractivity contribution in [3.63, 3.8) is 0 Å². The zero-order valence-electron chi connectivity index (χ0n) is 11.5. The summed E-state index contributed by atoms with van der Waals surface area (Å²) in [6.07, 6.45) is 2.11. The van der Waals surface area contributed by atoms with Gasteiger partial charge in [-0.05, 0) is 37.8 Å². The van der Waals surface area contributed by atoms with E-state index in [2.05, 4.69) is 12.2 Å². The maximum Gasteiger partial charge on any atom is 0.313 e. The van der Waals surface area contributed by atoms with E-state index in [-0.39, 0.29) is 0 Å². The maximum absolute atomic E-state index is 12.0. The van der Waals surface area contributed by atoms with Crippen molar-refractivity contribution in [1.29, 1.82) is 0 Å². The first kappa shape index (κ1) is 13.6. The van der Waals surface area contributed by atoms with Gasteiger partial charge in [-0.2, -0.15) is 0 Å². The number of carbonyl (C=O) groups excluding carboxylic acids is 2. The molecule has 4 nitrogen and oxygen atoms in total. The van der Waals surface area contributed by atoms with E-state index < -0.39 is 11.8 Å². The average molecular weight is 260 g/mol. The van der Waals surface area contributed by atoms with E-state index in [0.717, 1.165) is 18.4 Å². The van der Waals surface area contributed by atoms with Gasteiger partial charge in [0, 0.05) is 18.8 Å². The molecule has 1 aliphatic rings. The maximum atomic E-state index is 12.0. The minimum absolute atomic E-state index is 0.424. The number of nitrogens with one attached hydrogen (secondary N) is 1. The fourth-order valence-corrected chi connectivity index (χ4v) is 2.34. The standard InChI is InChI=1S/C15H20N2O2/c1-11-5-7-13(8-6-11)16-14(18)15(19)17-9-3-4-12(2)10-17/h5-8,12H,3-4,9-10H2,1-2H3,(H,16,18). The van der Waals surface area contributed by atoms with Gasteiger partial charge in [0.15, 0.2) is 0 Å². The Morgan fingerprint density at radius 3 is 2.58 bits per heavy atom. The summed E-state index contributed by atoms with van der Waals surface area (Å²) >= 11 is 0. The Labute approximate surface area is 113 Å². The van der Waals surface area contributed by atoms with Crippen LogP contribution in [-0.4, -0.2) is 29.8 Å². The van der Waals surface area contributed by atoms with E-state index in [1.807, 2.05) is 19.1 Å². The summed E-state index contributed by atoms with van der Waals surface area (Å²) < 4.78 is 0. The minimum atomic E-state index is -0.544. The number of likely N-dealkylation sites (tertiary alicyclic amines) is 1. The first-order valence-electron chi connectivity index (χ1n) is 6.73. The van der Waals surface area contributed by atoms with Crippen molar-refractivity contribution in [1.82, 2.24) is 4.90 Å². The molecule has 0 radical (unpaired) electrons. The van der Waals surface area contributed by atoms with Crippen LogP contribution in [0.1, 0.15) is 25.3 Å². The van der Waals surface area contributed by atoms with Crippen molar-refractivity contribution < 1.29 is 9.59 Å². The number of rotatable bonds is 1. The Morgan fingerprint density at radius 1 is 1.26 bits per heavy atom. The van der Waals surface area contributed by atoms with E-state index in [9.17, 15) is 9.59 Å². The van der Waals surface area contributed by atoms with Crippen LogP contribution >= 0.6 is 0 Å². The van der Waals surface area contributed by atoms with Gasteiger partial charge in [0.1, 0.15) is 0 Å². The van der Waals surface area contributed by atoms with Crippen molar-refractivity contribution in [2.24, 2.45) is 5.92 Å². The van der Waals surface area contributed by atoms with Crippen LogP contribution in [0, 0.1) is 12.8 Å². The van der Waals surface area contributed by atoms with Gasteiger partial charge in [-0.15, -0.1) is 0 Å².